The van der Waals surface area contributed by atoms with Crippen molar-refractivity contribution in [2.45, 2.75) is 20.8 Å². The number of aliphatic imine (C=N–C) groups is 1. The van der Waals surface area contributed by atoms with E-state index in [1.54, 1.807) is 0 Å². The zero-order chi connectivity index (χ0) is 37.5. The fourth-order valence-electron chi connectivity index (χ4n) is 7.36. The fourth-order valence-corrected chi connectivity index (χ4v) is 7.36. The van der Waals surface area contributed by atoms with Crippen LogP contribution in [0.4, 0.5) is 17.2 Å². The Morgan fingerprint density at radius 1 is 0.564 bits per heavy atom. The van der Waals surface area contributed by atoms with Crippen LogP contribution in [0, 0.1) is 20.8 Å². The van der Waals surface area contributed by atoms with Crippen molar-refractivity contribution in [2.24, 2.45) is 4.99 Å². The minimum absolute atomic E-state index is 0.751. The Balaban J connectivity index is 1.28. The smallest absolute Gasteiger partial charge is 0.164 e. The van der Waals surface area contributed by atoms with Crippen LogP contribution in [0.1, 0.15) is 22.3 Å². The van der Waals surface area contributed by atoms with Gasteiger partial charge in [-0.1, -0.05) is 66.7 Å². The quantitative estimate of drug-likeness (QED) is 0.146. The van der Waals surface area contributed by atoms with Crippen LogP contribution in [-0.2, 0) is 0 Å². The molecule has 0 saturated carbocycles. The minimum atomic E-state index is 0.751. The third-order valence-electron chi connectivity index (χ3n) is 10.1. The van der Waals surface area contributed by atoms with E-state index in [0.717, 1.165) is 90.2 Å². The number of rotatable bonds is 8. The summed E-state index contributed by atoms with van der Waals surface area (Å²) in [4.78, 5) is 27.4. The van der Waals surface area contributed by atoms with E-state index in [1.807, 2.05) is 62.1 Å². The minimum Gasteiger partial charge on any atom is -0.329 e. The van der Waals surface area contributed by atoms with Crippen molar-refractivity contribution in [2.75, 3.05) is 11.9 Å². The molecule has 0 aliphatic rings. The van der Waals surface area contributed by atoms with Crippen molar-refractivity contribution in [3.05, 3.63) is 174 Å². The van der Waals surface area contributed by atoms with Gasteiger partial charge in [-0.05, 0) is 110 Å². The van der Waals surface area contributed by atoms with Crippen LogP contribution in [0.2, 0.25) is 0 Å². The van der Waals surface area contributed by atoms with Gasteiger partial charge in [-0.15, -0.1) is 0 Å². The maximum atomic E-state index is 5.27. The number of hydrogen-bond donors (Lipinski definition) is 0. The molecule has 8 nitrogen and oxygen atoms in total. The maximum absolute atomic E-state index is 5.27. The molecule has 9 aromatic rings. The molecule has 5 aromatic carbocycles. The van der Waals surface area contributed by atoms with Crippen LogP contribution in [-0.4, -0.2) is 42.3 Å². The summed E-state index contributed by atoms with van der Waals surface area (Å²) in [5.41, 5.74) is 13.6. The highest BCUT2D eigenvalue weighted by Gasteiger charge is 2.21. The molecule has 4 heterocycles. The first-order valence-corrected chi connectivity index (χ1v) is 18.3. The molecule has 0 unspecified atom stereocenters. The standard InChI is InChI=1S/C47H38N8/c1-31-15-5-9-21-40(31)53(4)44-34(18-13-25-48-44)30-50-37-28-35(45-51-38-19-8-12-24-43(38)54(45)41-22-10-6-16-32(41)2)27-36(29-37)46-52-39-20-14-26-49-47(39)55(46)42-23-11-7-17-33(42)3/h5-30H,1-4H3. The Morgan fingerprint density at radius 3 is 1.89 bits per heavy atom. The van der Waals surface area contributed by atoms with E-state index in [-0.39, 0.29) is 0 Å². The van der Waals surface area contributed by atoms with Crippen LogP contribution in [0.25, 0.3) is 56.3 Å². The highest BCUT2D eigenvalue weighted by molar-refractivity contribution is 5.91. The third kappa shape index (κ3) is 6.13. The second-order valence-electron chi connectivity index (χ2n) is 13.7. The molecule has 0 spiro atoms. The number of para-hydroxylation sites is 5. The predicted molar refractivity (Wildman–Crippen MR) is 225 cm³/mol. The predicted octanol–water partition coefficient (Wildman–Crippen LogP) is 10.9. The van der Waals surface area contributed by atoms with Crippen molar-refractivity contribution in [3.63, 3.8) is 0 Å². The molecule has 8 heteroatoms. The zero-order valence-electron chi connectivity index (χ0n) is 31.1. The summed E-state index contributed by atoms with van der Waals surface area (Å²) in [7, 11) is 2.04. The second-order valence-corrected chi connectivity index (χ2v) is 13.7. The summed E-state index contributed by atoms with van der Waals surface area (Å²) < 4.78 is 4.40. The third-order valence-corrected chi connectivity index (χ3v) is 10.1. The molecule has 55 heavy (non-hydrogen) atoms. The summed E-state index contributed by atoms with van der Waals surface area (Å²) in [5, 5.41) is 0. The van der Waals surface area contributed by atoms with Gasteiger partial charge < -0.3 is 4.90 Å². The van der Waals surface area contributed by atoms with Crippen LogP contribution in [0.15, 0.2) is 157 Å². The average molecular weight is 715 g/mol. The molecule has 0 amide bonds. The van der Waals surface area contributed by atoms with E-state index in [0.29, 0.717) is 0 Å². The molecule has 0 aliphatic carbocycles. The van der Waals surface area contributed by atoms with Crippen LogP contribution < -0.4 is 4.90 Å². The largest absolute Gasteiger partial charge is 0.329 e. The molecule has 4 aromatic heterocycles. The number of aromatic nitrogens is 6. The molecule has 0 aliphatic heterocycles. The Morgan fingerprint density at radius 2 is 1.15 bits per heavy atom. The van der Waals surface area contributed by atoms with Gasteiger partial charge in [0.15, 0.2) is 5.65 Å². The number of fused-ring (bicyclic) bond motifs is 2. The first-order chi connectivity index (χ1) is 26.9. The highest BCUT2D eigenvalue weighted by Crippen LogP contribution is 2.37. The lowest BCUT2D eigenvalue weighted by Gasteiger charge is -2.22. The number of benzene rings is 5. The molecule has 9 rings (SSSR count). The molecule has 0 atom stereocenters. The molecule has 0 saturated heterocycles. The van der Waals surface area contributed by atoms with Crippen molar-refractivity contribution in [1.29, 1.82) is 0 Å². The normalized spacial score (nSPS) is 11.6. The van der Waals surface area contributed by atoms with Gasteiger partial charge in [-0.25, -0.2) is 19.9 Å². The van der Waals surface area contributed by atoms with Crippen LogP contribution in [0.3, 0.4) is 0 Å². The molecule has 266 valence electrons. The number of aryl methyl sites for hydroxylation is 3. The van der Waals surface area contributed by atoms with Gasteiger partial charge in [0.2, 0.25) is 0 Å². The van der Waals surface area contributed by atoms with E-state index in [4.69, 9.17) is 24.9 Å². The summed E-state index contributed by atoms with van der Waals surface area (Å²) >= 11 is 0. The average Bonchev–Trinajstić information content (AvgIpc) is 3.80. The van der Waals surface area contributed by atoms with Gasteiger partial charge in [-0.2, -0.15) is 0 Å². The molecule has 0 N–H and O–H groups in total. The highest BCUT2D eigenvalue weighted by atomic mass is 15.2. The van der Waals surface area contributed by atoms with E-state index >= 15 is 0 Å². The molecule has 0 fully saturated rings. The number of hydrogen-bond acceptors (Lipinski definition) is 6. The van der Waals surface area contributed by atoms with Crippen molar-refractivity contribution in [1.82, 2.24) is 29.1 Å². The number of pyridine rings is 2. The van der Waals surface area contributed by atoms with Crippen molar-refractivity contribution >= 4 is 45.6 Å². The molecule has 0 radical (unpaired) electrons. The lowest BCUT2D eigenvalue weighted by Crippen LogP contribution is -2.14. The Hall–Kier alpha value is -7.19. The Labute approximate surface area is 319 Å². The number of nitrogens with zero attached hydrogens (tertiary/aromatic N) is 8. The lowest BCUT2D eigenvalue weighted by atomic mass is 10.1. The molecular weight excluding hydrogens is 677 g/mol. The topological polar surface area (TPSA) is 77.0 Å². The van der Waals surface area contributed by atoms with E-state index in [2.05, 4.69) is 138 Å². The Bertz CT molecular complexity index is 2760. The molecule has 0 bridgehead atoms. The molecular formula is C47H38N8. The lowest BCUT2D eigenvalue weighted by molar-refractivity contribution is 1.06. The van der Waals surface area contributed by atoms with Gasteiger partial charge >= 0.3 is 0 Å². The van der Waals surface area contributed by atoms with Gasteiger partial charge in [0.05, 0.1) is 28.1 Å². The summed E-state index contributed by atoms with van der Waals surface area (Å²) in [6.45, 7) is 6.36. The van der Waals surface area contributed by atoms with Gasteiger partial charge in [0.25, 0.3) is 0 Å². The monoisotopic (exact) mass is 714 g/mol. The number of anilines is 2. The van der Waals surface area contributed by atoms with Crippen LogP contribution >= 0.6 is 0 Å². The van der Waals surface area contributed by atoms with E-state index in [1.165, 1.54) is 5.56 Å². The Kier molecular flexibility index (Phi) is 8.55. The zero-order valence-corrected chi connectivity index (χ0v) is 31.1. The summed E-state index contributed by atoms with van der Waals surface area (Å²) in [6, 6.07) is 47.7. The summed E-state index contributed by atoms with van der Waals surface area (Å²) in [5.74, 6) is 2.39. The van der Waals surface area contributed by atoms with Crippen molar-refractivity contribution in [3.8, 4) is 34.2 Å². The fraction of sp³-hybridized carbons (Fsp3) is 0.0851. The van der Waals surface area contributed by atoms with Crippen molar-refractivity contribution < 1.29 is 0 Å². The van der Waals surface area contributed by atoms with Gasteiger partial charge in [0.1, 0.15) is 23.0 Å². The van der Waals surface area contributed by atoms with E-state index in [9.17, 15) is 0 Å². The second kappa shape index (κ2) is 14.0. The first-order valence-electron chi connectivity index (χ1n) is 18.3. The van der Waals surface area contributed by atoms with Gasteiger partial charge in [0, 0.05) is 48.0 Å². The number of imidazole rings is 2. The maximum Gasteiger partial charge on any atom is 0.164 e. The van der Waals surface area contributed by atoms with Crippen LogP contribution in [0.5, 0.6) is 0 Å². The van der Waals surface area contributed by atoms with E-state index < -0.39 is 0 Å². The van der Waals surface area contributed by atoms with Gasteiger partial charge in [-0.3, -0.25) is 14.1 Å². The first kappa shape index (κ1) is 33.6. The SMILES string of the molecule is Cc1ccccc1N(C)c1ncccc1C=Nc1cc(-c2nc3ccccc3n2-c2ccccc2C)cc(-c2nc3cccnc3n2-c2ccccc2C)c1. The summed E-state index contributed by atoms with van der Waals surface area (Å²) in [6.07, 6.45) is 5.54.